The number of hydrogen-bond acceptors (Lipinski definition) is 2. The van der Waals surface area contributed by atoms with Crippen molar-refractivity contribution < 1.29 is 0 Å². The Morgan fingerprint density at radius 3 is 2.15 bits per heavy atom. The van der Waals surface area contributed by atoms with Gasteiger partial charge < -0.3 is 5.73 Å². The Bertz CT molecular complexity index is 433. The molecule has 1 aromatic rings. The molecule has 2 heteroatoms. The second-order valence-corrected chi connectivity index (χ2v) is 7.13. The van der Waals surface area contributed by atoms with Crippen molar-refractivity contribution in [2.24, 2.45) is 17.6 Å². The van der Waals surface area contributed by atoms with Gasteiger partial charge in [-0.3, -0.25) is 4.90 Å². The van der Waals surface area contributed by atoms with Crippen molar-refractivity contribution in [3.05, 3.63) is 35.4 Å². The topological polar surface area (TPSA) is 29.3 Å². The molecule has 20 heavy (non-hydrogen) atoms. The third-order valence-electron chi connectivity index (χ3n) is 5.80. The highest BCUT2D eigenvalue weighted by molar-refractivity contribution is 5.31. The lowest BCUT2D eigenvalue weighted by atomic mass is 9.72. The first-order valence-corrected chi connectivity index (χ1v) is 8.16. The van der Waals surface area contributed by atoms with Gasteiger partial charge >= 0.3 is 0 Å². The summed E-state index contributed by atoms with van der Waals surface area (Å²) in [7, 11) is 0. The molecular formula is C18H28N2. The number of hydrogen-bond donors (Lipinski definition) is 1. The fourth-order valence-corrected chi connectivity index (χ4v) is 4.16. The van der Waals surface area contributed by atoms with E-state index in [-0.39, 0.29) is 5.54 Å². The summed E-state index contributed by atoms with van der Waals surface area (Å²) in [6.07, 6.45) is 5.25. The van der Waals surface area contributed by atoms with Crippen LogP contribution in [-0.4, -0.2) is 17.0 Å². The van der Waals surface area contributed by atoms with E-state index in [0.29, 0.717) is 0 Å². The average molecular weight is 272 g/mol. The molecule has 1 heterocycles. The molecule has 3 rings (SSSR count). The van der Waals surface area contributed by atoms with E-state index in [1.165, 1.54) is 36.8 Å². The molecule has 0 radical (unpaired) electrons. The van der Waals surface area contributed by atoms with Crippen LogP contribution < -0.4 is 5.73 Å². The molecule has 2 N–H and O–H groups in total. The van der Waals surface area contributed by atoms with Gasteiger partial charge in [-0.25, -0.2) is 0 Å². The Hall–Kier alpha value is -0.860. The largest absolute Gasteiger partial charge is 0.329 e. The number of nitrogens with two attached hydrogens (primary N) is 1. The Morgan fingerprint density at radius 1 is 1.15 bits per heavy atom. The van der Waals surface area contributed by atoms with Crippen LogP contribution in [0.25, 0.3) is 0 Å². The minimum atomic E-state index is 0.254. The van der Waals surface area contributed by atoms with E-state index in [1.54, 1.807) is 0 Å². The van der Waals surface area contributed by atoms with Gasteiger partial charge in [0, 0.05) is 25.2 Å². The zero-order chi connectivity index (χ0) is 14.2. The second kappa shape index (κ2) is 5.50. The normalized spacial score (nSPS) is 30.7. The summed E-state index contributed by atoms with van der Waals surface area (Å²) in [6, 6.07) is 8.87. The molecule has 0 bridgehead atoms. The first kappa shape index (κ1) is 14.1. The summed E-state index contributed by atoms with van der Waals surface area (Å²) in [5.74, 6) is 1.72. The highest BCUT2D eigenvalue weighted by atomic mass is 15.2. The number of rotatable bonds is 3. The van der Waals surface area contributed by atoms with Gasteiger partial charge in [0.1, 0.15) is 0 Å². The van der Waals surface area contributed by atoms with E-state index in [4.69, 9.17) is 5.73 Å². The predicted octanol–water partition coefficient (Wildman–Crippen LogP) is 3.55. The van der Waals surface area contributed by atoms with E-state index in [9.17, 15) is 0 Å². The van der Waals surface area contributed by atoms with Crippen LogP contribution >= 0.6 is 0 Å². The van der Waals surface area contributed by atoms with E-state index in [0.717, 1.165) is 31.5 Å². The van der Waals surface area contributed by atoms with Crippen LogP contribution in [0, 0.1) is 11.8 Å². The molecule has 0 saturated heterocycles. The molecule has 1 aliphatic heterocycles. The summed E-state index contributed by atoms with van der Waals surface area (Å²) in [4.78, 5) is 2.66. The Morgan fingerprint density at radius 2 is 1.70 bits per heavy atom. The SMILES string of the molecule is CC(C)C1CCC(CN)(N2Cc3ccccc3C2)CC1. The van der Waals surface area contributed by atoms with Crippen molar-refractivity contribution in [1.82, 2.24) is 4.90 Å². The van der Waals surface area contributed by atoms with Crippen LogP contribution in [0.3, 0.4) is 0 Å². The van der Waals surface area contributed by atoms with Gasteiger partial charge in [0.15, 0.2) is 0 Å². The van der Waals surface area contributed by atoms with Gasteiger partial charge in [-0.15, -0.1) is 0 Å². The fourth-order valence-electron chi connectivity index (χ4n) is 4.16. The predicted molar refractivity (Wildman–Crippen MR) is 84.3 cm³/mol. The van der Waals surface area contributed by atoms with Crippen molar-refractivity contribution in [1.29, 1.82) is 0 Å². The minimum Gasteiger partial charge on any atom is -0.329 e. The molecule has 0 atom stereocenters. The van der Waals surface area contributed by atoms with E-state index in [1.807, 2.05) is 0 Å². The standard InChI is InChI=1S/C18H28N2/c1-14(2)15-7-9-18(13-19,10-8-15)20-11-16-5-3-4-6-17(16)12-20/h3-6,14-15H,7-13,19H2,1-2H3. The zero-order valence-corrected chi connectivity index (χ0v) is 12.9. The maximum Gasteiger partial charge on any atom is 0.0339 e. The molecule has 0 aromatic heterocycles. The lowest BCUT2D eigenvalue weighted by Crippen LogP contribution is -2.53. The fraction of sp³-hybridized carbons (Fsp3) is 0.667. The van der Waals surface area contributed by atoms with Gasteiger partial charge in [0.2, 0.25) is 0 Å². The maximum absolute atomic E-state index is 6.23. The van der Waals surface area contributed by atoms with Crippen molar-refractivity contribution in [3.8, 4) is 0 Å². The van der Waals surface area contributed by atoms with Crippen LogP contribution in [0.5, 0.6) is 0 Å². The summed E-state index contributed by atoms with van der Waals surface area (Å²) in [5.41, 5.74) is 9.50. The summed E-state index contributed by atoms with van der Waals surface area (Å²) in [6.45, 7) is 7.74. The molecule has 110 valence electrons. The van der Waals surface area contributed by atoms with Crippen LogP contribution in [-0.2, 0) is 13.1 Å². The average Bonchev–Trinajstić information content (AvgIpc) is 2.91. The molecule has 1 fully saturated rings. The second-order valence-electron chi connectivity index (χ2n) is 7.13. The highest BCUT2D eigenvalue weighted by Crippen LogP contribution is 2.42. The van der Waals surface area contributed by atoms with Gasteiger partial charge in [0.25, 0.3) is 0 Å². The van der Waals surface area contributed by atoms with Crippen LogP contribution in [0.15, 0.2) is 24.3 Å². The van der Waals surface area contributed by atoms with Crippen molar-refractivity contribution >= 4 is 0 Å². The van der Waals surface area contributed by atoms with Gasteiger partial charge in [-0.1, -0.05) is 38.1 Å². The Kier molecular flexibility index (Phi) is 3.87. The summed E-state index contributed by atoms with van der Waals surface area (Å²) < 4.78 is 0. The van der Waals surface area contributed by atoms with Crippen molar-refractivity contribution in [3.63, 3.8) is 0 Å². The molecule has 1 aromatic carbocycles. The van der Waals surface area contributed by atoms with Crippen molar-refractivity contribution in [2.45, 2.75) is 58.2 Å². The smallest absolute Gasteiger partial charge is 0.0339 e. The lowest BCUT2D eigenvalue weighted by Gasteiger charge is -2.46. The van der Waals surface area contributed by atoms with E-state index < -0.39 is 0 Å². The first-order chi connectivity index (χ1) is 9.64. The maximum atomic E-state index is 6.23. The molecule has 0 spiro atoms. The quantitative estimate of drug-likeness (QED) is 0.912. The molecule has 1 aliphatic carbocycles. The Labute approximate surface area is 123 Å². The number of fused-ring (bicyclic) bond motifs is 1. The summed E-state index contributed by atoms with van der Waals surface area (Å²) in [5, 5.41) is 0. The Balaban J connectivity index is 1.73. The molecule has 2 nitrogen and oxygen atoms in total. The summed E-state index contributed by atoms with van der Waals surface area (Å²) >= 11 is 0. The zero-order valence-electron chi connectivity index (χ0n) is 12.9. The van der Waals surface area contributed by atoms with Crippen LogP contribution in [0.2, 0.25) is 0 Å². The van der Waals surface area contributed by atoms with Gasteiger partial charge in [-0.05, 0) is 48.6 Å². The minimum absolute atomic E-state index is 0.254. The monoisotopic (exact) mass is 272 g/mol. The van der Waals surface area contributed by atoms with E-state index >= 15 is 0 Å². The molecular weight excluding hydrogens is 244 g/mol. The lowest BCUT2D eigenvalue weighted by molar-refractivity contribution is 0.0316. The van der Waals surface area contributed by atoms with Gasteiger partial charge in [-0.2, -0.15) is 0 Å². The number of nitrogens with zero attached hydrogens (tertiary/aromatic N) is 1. The third kappa shape index (κ3) is 2.40. The van der Waals surface area contributed by atoms with Crippen molar-refractivity contribution in [2.75, 3.05) is 6.54 Å². The molecule has 0 amide bonds. The molecule has 2 aliphatic rings. The third-order valence-corrected chi connectivity index (χ3v) is 5.80. The number of benzene rings is 1. The molecule has 0 unspecified atom stereocenters. The molecule has 1 saturated carbocycles. The van der Waals surface area contributed by atoms with Crippen LogP contribution in [0.1, 0.15) is 50.7 Å². The highest BCUT2D eigenvalue weighted by Gasteiger charge is 2.41. The van der Waals surface area contributed by atoms with E-state index in [2.05, 4.69) is 43.0 Å². The van der Waals surface area contributed by atoms with Gasteiger partial charge in [0.05, 0.1) is 0 Å². The van der Waals surface area contributed by atoms with Crippen LogP contribution in [0.4, 0.5) is 0 Å². The first-order valence-electron chi connectivity index (χ1n) is 8.16.